The van der Waals surface area contributed by atoms with Gasteiger partial charge in [-0.1, -0.05) is 29.8 Å². The van der Waals surface area contributed by atoms with Gasteiger partial charge in [0.05, 0.1) is 6.61 Å². The summed E-state index contributed by atoms with van der Waals surface area (Å²) in [6, 6.07) is 8.22. The van der Waals surface area contributed by atoms with Gasteiger partial charge in [0, 0.05) is 10.5 Å². The molecule has 1 aromatic rings. The second-order valence-corrected chi connectivity index (χ2v) is 5.75. The molecule has 17 heavy (non-hydrogen) atoms. The molecule has 0 aliphatic heterocycles. The van der Waals surface area contributed by atoms with Crippen molar-refractivity contribution in [1.29, 1.82) is 0 Å². The van der Waals surface area contributed by atoms with Crippen molar-refractivity contribution in [2.24, 2.45) is 11.7 Å². The third kappa shape index (κ3) is 6.69. The van der Waals surface area contributed by atoms with E-state index in [1.54, 1.807) is 0 Å². The van der Waals surface area contributed by atoms with Crippen LogP contribution >= 0.6 is 15.9 Å². The molecule has 1 atom stereocenters. The number of nitrogens with two attached hydrogens (primary N) is 1. The first kappa shape index (κ1) is 14.5. The van der Waals surface area contributed by atoms with Gasteiger partial charge in [0.15, 0.2) is 0 Å². The third-order valence-electron chi connectivity index (χ3n) is 2.58. The lowest BCUT2D eigenvalue weighted by Gasteiger charge is -2.14. The van der Waals surface area contributed by atoms with E-state index in [1.807, 2.05) is 24.3 Å². The highest BCUT2D eigenvalue weighted by Crippen LogP contribution is 2.16. The second-order valence-electron chi connectivity index (χ2n) is 4.83. The molecular formula is C14H22BrNO. The van der Waals surface area contributed by atoms with Gasteiger partial charge in [-0.2, -0.15) is 0 Å². The van der Waals surface area contributed by atoms with Crippen molar-refractivity contribution < 1.29 is 4.74 Å². The fourth-order valence-corrected chi connectivity index (χ4v) is 2.05. The molecule has 0 aliphatic carbocycles. The van der Waals surface area contributed by atoms with E-state index >= 15 is 0 Å². The van der Waals surface area contributed by atoms with E-state index < -0.39 is 0 Å². The van der Waals surface area contributed by atoms with Crippen LogP contribution in [0.2, 0.25) is 0 Å². The maximum absolute atomic E-state index is 6.01. The minimum atomic E-state index is 0.309. The van der Waals surface area contributed by atoms with Crippen LogP contribution in [-0.4, -0.2) is 12.6 Å². The number of hydrogen-bond donors (Lipinski definition) is 1. The largest absolute Gasteiger partial charge is 0.494 e. The minimum Gasteiger partial charge on any atom is -0.494 e. The molecule has 96 valence electrons. The molecule has 0 saturated carbocycles. The standard InChI is InChI=1S/C14H22BrNO/c1-11(2)10-13(16)4-3-9-17-14-7-5-12(15)6-8-14/h5-8,11,13H,3-4,9-10,16H2,1-2H3. The first-order chi connectivity index (χ1) is 8.08. The molecule has 1 unspecified atom stereocenters. The summed E-state index contributed by atoms with van der Waals surface area (Å²) in [5.74, 6) is 1.60. The van der Waals surface area contributed by atoms with Crippen LogP contribution in [0.1, 0.15) is 33.1 Å². The first-order valence-electron chi connectivity index (χ1n) is 6.22. The van der Waals surface area contributed by atoms with Crippen LogP contribution in [0, 0.1) is 5.92 Å². The summed E-state index contributed by atoms with van der Waals surface area (Å²) >= 11 is 3.40. The fourth-order valence-electron chi connectivity index (χ4n) is 1.79. The maximum atomic E-state index is 6.01. The molecule has 3 heteroatoms. The van der Waals surface area contributed by atoms with Crippen molar-refractivity contribution in [1.82, 2.24) is 0 Å². The van der Waals surface area contributed by atoms with E-state index in [4.69, 9.17) is 10.5 Å². The highest BCUT2D eigenvalue weighted by Gasteiger charge is 2.05. The highest BCUT2D eigenvalue weighted by atomic mass is 79.9. The molecule has 0 radical (unpaired) electrons. The molecule has 0 saturated heterocycles. The zero-order chi connectivity index (χ0) is 12.7. The lowest BCUT2D eigenvalue weighted by molar-refractivity contribution is 0.297. The van der Waals surface area contributed by atoms with Crippen molar-refractivity contribution >= 4 is 15.9 Å². The summed E-state index contributed by atoms with van der Waals surface area (Å²) in [5, 5.41) is 0. The first-order valence-corrected chi connectivity index (χ1v) is 7.01. The molecule has 0 aliphatic rings. The Morgan fingerprint density at radius 3 is 2.47 bits per heavy atom. The van der Waals surface area contributed by atoms with Gasteiger partial charge in [0.25, 0.3) is 0 Å². The van der Waals surface area contributed by atoms with Gasteiger partial charge >= 0.3 is 0 Å². The van der Waals surface area contributed by atoms with E-state index in [-0.39, 0.29) is 0 Å². The normalized spacial score (nSPS) is 12.8. The third-order valence-corrected chi connectivity index (χ3v) is 3.10. The molecule has 1 rings (SSSR count). The Hall–Kier alpha value is -0.540. The van der Waals surface area contributed by atoms with Crippen LogP contribution in [0.25, 0.3) is 0 Å². The van der Waals surface area contributed by atoms with Gasteiger partial charge < -0.3 is 10.5 Å². The minimum absolute atomic E-state index is 0.309. The predicted octanol–water partition coefficient (Wildman–Crippen LogP) is 3.98. The quantitative estimate of drug-likeness (QED) is 0.773. The van der Waals surface area contributed by atoms with E-state index in [0.717, 1.165) is 36.1 Å². The number of halogens is 1. The number of benzene rings is 1. The summed E-state index contributed by atoms with van der Waals surface area (Å²) in [7, 11) is 0. The average Bonchev–Trinajstić information content (AvgIpc) is 2.26. The lowest BCUT2D eigenvalue weighted by Crippen LogP contribution is -2.22. The van der Waals surface area contributed by atoms with E-state index in [0.29, 0.717) is 12.0 Å². The molecular weight excluding hydrogens is 278 g/mol. The Kier molecular flexibility index (Phi) is 6.60. The smallest absolute Gasteiger partial charge is 0.119 e. The van der Waals surface area contributed by atoms with Crippen LogP contribution in [0.5, 0.6) is 5.75 Å². The maximum Gasteiger partial charge on any atom is 0.119 e. The molecule has 0 fully saturated rings. The Morgan fingerprint density at radius 1 is 1.24 bits per heavy atom. The molecule has 0 bridgehead atoms. The van der Waals surface area contributed by atoms with E-state index in [2.05, 4.69) is 29.8 Å². The van der Waals surface area contributed by atoms with Crippen molar-refractivity contribution in [2.45, 2.75) is 39.2 Å². The Balaban J connectivity index is 2.13. The Morgan fingerprint density at radius 2 is 1.88 bits per heavy atom. The molecule has 0 aromatic heterocycles. The number of hydrogen-bond acceptors (Lipinski definition) is 2. The molecule has 0 heterocycles. The van der Waals surface area contributed by atoms with Gasteiger partial charge in [-0.15, -0.1) is 0 Å². The molecule has 2 nitrogen and oxygen atoms in total. The number of ether oxygens (including phenoxy) is 1. The summed E-state index contributed by atoms with van der Waals surface area (Å²) in [5.41, 5.74) is 6.01. The van der Waals surface area contributed by atoms with Gasteiger partial charge in [0.1, 0.15) is 5.75 Å². The van der Waals surface area contributed by atoms with Crippen LogP contribution in [0.3, 0.4) is 0 Å². The second kappa shape index (κ2) is 7.72. The van der Waals surface area contributed by atoms with Crippen molar-refractivity contribution in [2.75, 3.05) is 6.61 Å². The Labute approximate surface area is 113 Å². The van der Waals surface area contributed by atoms with E-state index in [1.165, 1.54) is 0 Å². The average molecular weight is 300 g/mol. The van der Waals surface area contributed by atoms with Gasteiger partial charge in [0.2, 0.25) is 0 Å². The molecule has 2 N–H and O–H groups in total. The van der Waals surface area contributed by atoms with E-state index in [9.17, 15) is 0 Å². The summed E-state index contributed by atoms with van der Waals surface area (Å²) in [6.45, 7) is 5.16. The van der Waals surface area contributed by atoms with Crippen LogP contribution in [-0.2, 0) is 0 Å². The number of rotatable bonds is 7. The molecule has 0 amide bonds. The summed E-state index contributed by atoms with van der Waals surface area (Å²) in [4.78, 5) is 0. The fraction of sp³-hybridized carbons (Fsp3) is 0.571. The predicted molar refractivity (Wildman–Crippen MR) is 76.3 cm³/mol. The van der Waals surface area contributed by atoms with Crippen molar-refractivity contribution in [3.8, 4) is 5.75 Å². The lowest BCUT2D eigenvalue weighted by atomic mass is 10.0. The molecule has 0 spiro atoms. The van der Waals surface area contributed by atoms with Gasteiger partial charge in [-0.3, -0.25) is 0 Å². The summed E-state index contributed by atoms with van der Waals surface area (Å²) in [6.07, 6.45) is 3.15. The van der Waals surface area contributed by atoms with Crippen LogP contribution in [0.4, 0.5) is 0 Å². The highest BCUT2D eigenvalue weighted by molar-refractivity contribution is 9.10. The van der Waals surface area contributed by atoms with Crippen LogP contribution in [0.15, 0.2) is 28.7 Å². The Bertz CT molecular complexity index is 311. The zero-order valence-corrected chi connectivity index (χ0v) is 12.2. The van der Waals surface area contributed by atoms with Gasteiger partial charge in [-0.25, -0.2) is 0 Å². The van der Waals surface area contributed by atoms with Crippen LogP contribution < -0.4 is 10.5 Å². The molecule has 1 aromatic carbocycles. The van der Waals surface area contributed by atoms with Crippen molar-refractivity contribution in [3.63, 3.8) is 0 Å². The van der Waals surface area contributed by atoms with Crippen molar-refractivity contribution in [3.05, 3.63) is 28.7 Å². The SMILES string of the molecule is CC(C)CC(N)CCCOc1ccc(Br)cc1. The zero-order valence-electron chi connectivity index (χ0n) is 10.7. The summed E-state index contributed by atoms with van der Waals surface area (Å²) < 4.78 is 6.71. The monoisotopic (exact) mass is 299 g/mol. The van der Waals surface area contributed by atoms with Gasteiger partial charge in [-0.05, 0) is 49.4 Å². The topological polar surface area (TPSA) is 35.2 Å².